The first kappa shape index (κ1) is 25.5. The second-order valence-electron chi connectivity index (χ2n) is 6.44. The quantitative estimate of drug-likeness (QED) is 0.140. The first-order chi connectivity index (χ1) is 14.6. The number of rotatable bonds is 13. The number of carboxylic acids is 1. The number of aliphatic hydroxyl groups excluding tert-OH is 2. The predicted molar refractivity (Wildman–Crippen MR) is 102 cm³/mol. The van der Waals surface area contributed by atoms with Crippen LogP contribution in [-0.4, -0.2) is 92.3 Å². The zero-order valence-electron chi connectivity index (χ0n) is 16.3. The van der Waals surface area contributed by atoms with E-state index in [1.807, 2.05) is 0 Å². The van der Waals surface area contributed by atoms with Crippen LogP contribution in [0.2, 0.25) is 0 Å². The molecule has 0 aliphatic carbocycles. The molecule has 15 heteroatoms. The van der Waals surface area contributed by atoms with Gasteiger partial charge in [-0.15, -0.1) is 0 Å². The van der Waals surface area contributed by atoms with Gasteiger partial charge in [0.2, 0.25) is 23.6 Å². The number of hydrogen-bond donors (Lipinski definition) is 9. The van der Waals surface area contributed by atoms with E-state index in [2.05, 4.69) is 25.9 Å². The Balaban J connectivity index is 3.03. The molecule has 0 saturated heterocycles. The summed E-state index contributed by atoms with van der Waals surface area (Å²) >= 11 is 0. The fourth-order valence-electron chi connectivity index (χ4n) is 2.33. The third kappa shape index (κ3) is 8.37. The number of nitrogens with zero attached hydrogens (tertiary/aromatic N) is 1. The van der Waals surface area contributed by atoms with Gasteiger partial charge in [0.05, 0.1) is 26.0 Å². The maximum absolute atomic E-state index is 12.6. The predicted octanol–water partition coefficient (Wildman–Crippen LogP) is -5.32. The van der Waals surface area contributed by atoms with Crippen molar-refractivity contribution in [3.8, 4) is 0 Å². The van der Waals surface area contributed by atoms with Gasteiger partial charge in [0, 0.05) is 18.3 Å². The average molecular weight is 443 g/mol. The maximum Gasteiger partial charge on any atom is 0.328 e. The first-order valence-corrected chi connectivity index (χ1v) is 8.95. The number of carbonyl (C=O) groups excluding carboxylic acids is 4. The van der Waals surface area contributed by atoms with Gasteiger partial charge < -0.3 is 47.7 Å². The number of aliphatic hydroxyl groups is 2. The Kier molecular flexibility index (Phi) is 10.0. The lowest BCUT2D eigenvalue weighted by Crippen LogP contribution is -2.58. The average Bonchev–Trinajstić information content (AvgIpc) is 3.22. The van der Waals surface area contributed by atoms with Gasteiger partial charge in [0.15, 0.2) is 0 Å². The molecule has 0 aliphatic rings. The van der Waals surface area contributed by atoms with Gasteiger partial charge in [-0.05, 0) is 0 Å². The second kappa shape index (κ2) is 12.2. The van der Waals surface area contributed by atoms with Crippen LogP contribution < -0.4 is 27.4 Å². The number of nitrogens with two attached hydrogens (primary N) is 2. The van der Waals surface area contributed by atoms with E-state index in [4.69, 9.17) is 26.8 Å². The van der Waals surface area contributed by atoms with Crippen molar-refractivity contribution in [2.24, 2.45) is 11.5 Å². The molecular weight excluding hydrogens is 418 g/mol. The van der Waals surface area contributed by atoms with Crippen LogP contribution in [-0.2, 0) is 30.4 Å². The Morgan fingerprint density at radius 1 is 0.968 bits per heavy atom. The zero-order valence-corrected chi connectivity index (χ0v) is 16.3. The van der Waals surface area contributed by atoms with Crippen molar-refractivity contribution in [3.63, 3.8) is 0 Å². The molecular formula is C16H25N7O8. The highest BCUT2D eigenvalue weighted by atomic mass is 16.4. The summed E-state index contributed by atoms with van der Waals surface area (Å²) in [6.45, 7) is -1.62. The second-order valence-corrected chi connectivity index (χ2v) is 6.44. The fraction of sp³-hybridized carbons (Fsp3) is 0.500. The number of carbonyl (C=O) groups is 5. The third-order valence-electron chi connectivity index (χ3n) is 3.98. The van der Waals surface area contributed by atoms with E-state index in [0.29, 0.717) is 5.69 Å². The molecule has 0 aromatic carbocycles. The number of carboxylic acid groups (broad SMARTS) is 1. The Morgan fingerprint density at radius 2 is 1.55 bits per heavy atom. The minimum Gasteiger partial charge on any atom is -0.480 e. The summed E-state index contributed by atoms with van der Waals surface area (Å²) in [5, 5.41) is 33.5. The highest BCUT2D eigenvalue weighted by molar-refractivity contribution is 5.96. The number of aliphatic carboxylic acids is 1. The lowest BCUT2D eigenvalue weighted by atomic mass is 10.1. The molecule has 0 aliphatic heterocycles. The van der Waals surface area contributed by atoms with Crippen LogP contribution in [0.15, 0.2) is 12.5 Å². The molecule has 0 fully saturated rings. The highest BCUT2D eigenvalue weighted by Gasteiger charge is 2.31. The molecule has 1 aromatic heterocycles. The molecule has 0 spiro atoms. The summed E-state index contributed by atoms with van der Waals surface area (Å²) in [7, 11) is 0. The zero-order chi connectivity index (χ0) is 23.6. The standard InChI is InChI=1S/C16H25N7O8/c17-8(4-24)13(27)21-10(2-12(18)26)15(29)22-9(1-7-3-19-6-20-7)14(28)23-11(5-25)16(30)31/h3,6,8-11,24-25H,1-2,4-5,17H2,(H2,18,26)(H,19,20)(H,21,27)(H,22,29)(H,23,28)(H,30,31). The first-order valence-electron chi connectivity index (χ1n) is 8.95. The van der Waals surface area contributed by atoms with E-state index in [9.17, 15) is 24.0 Å². The number of aromatic amines is 1. The largest absolute Gasteiger partial charge is 0.480 e. The van der Waals surface area contributed by atoms with Crippen LogP contribution in [0.25, 0.3) is 0 Å². The molecule has 4 atom stereocenters. The van der Waals surface area contributed by atoms with Crippen LogP contribution in [0.3, 0.4) is 0 Å². The molecule has 11 N–H and O–H groups in total. The van der Waals surface area contributed by atoms with Gasteiger partial charge in [0.25, 0.3) is 0 Å². The normalized spacial score (nSPS) is 14.5. The van der Waals surface area contributed by atoms with Crippen molar-refractivity contribution in [2.75, 3.05) is 13.2 Å². The van der Waals surface area contributed by atoms with Crippen molar-refractivity contribution in [3.05, 3.63) is 18.2 Å². The van der Waals surface area contributed by atoms with Gasteiger partial charge in [-0.3, -0.25) is 19.2 Å². The summed E-state index contributed by atoms with van der Waals surface area (Å²) in [5.74, 6) is -5.34. The minimum atomic E-state index is -1.63. The van der Waals surface area contributed by atoms with E-state index >= 15 is 0 Å². The number of amides is 4. The van der Waals surface area contributed by atoms with Gasteiger partial charge in [-0.2, -0.15) is 0 Å². The molecule has 1 rings (SSSR count). The molecule has 4 unspecified atom stereocenters. The molecule has 4 amide bonds. The van der Waals surface area contributed by atoms with Crippen molar-refractivity contribution in [1.29, 1.82) is 0 Å². The van der Waals surface area contributed by atoms with Crippen LogP contribution in [0.1, 0.15) is 12.1 Å². The van der Waals surface area contributed by atoms with Crippen LogP contribution in [0.5, 0.6) is 0 Å². The molecule has 15 nitrogen and oxygen atoms in total. The molecule has 0 saturated carbocycles. The summed E-state index contributed by atoms with van der Waals surface area (Å²) in [6.07, 6.45) is 1.87. The Morgan fingerprint density at radius 3 is 2.03 bits per heavy atom. The smallest absolute Gasteiger partial charge is 0.328 e. The van der Waals surface area contributed by atoms with Crippen LogP contribution in [0, 0.1) is 0 Å². The van der Waals surface area contributed by atoms with Gasteiger partial charge in [-0.1, -0.05) is 0 Å². The Bertz CT molecular complexity index is 785. The van der Waals surface area contributed by atoms with Gasteiger partial charge >= 0.3 is 5.97 Å². The summed E-state index contributed by atoms with van der Waals surface area (Å²) in [4.78, 5) is 65.9. The number of hydrogen-bond acceptors (Lipinski definition) is 9. The number of primary amides is 1. The Hall–Kier alpha value is -3.56. The fourth-order valence-corrected chi connectivity index (χ4v) is 2.33. The number of imidazole rings is 1. The molecule has 1 aromatic rings. The van der Waals surface area contributed by atoms with Crippen LogP contribution >= 0.6 is 0 Å². The summed E-state index contributed by atoms with van der Waals surface area (Å²) < 4.78 is 0. The lowest BCUT2D eigenvalue weighted by molar-refractivity contribution is -0.143. The van der Waals surface area contributed by atoms with Crippen molar-refractivity contribution < 1.29 is 39.3 Å². The molecule has 172 valence electrons. The number of H-pyrrole nitrogens is 1. The Labute approximate surface area is 175 Å². The van der Waals surface area contributed by atoms with Gasteiger partial charge in [-0.25, -0.2) is 9.78 Å². The van der Waals surface area contributed by atoms with E-state index in [1.165, 1.54) is 12.5 Å². The molecule has 0 bridgehead atoms. The monoisotopic (exact) mass is 443 g/mol. The topological polar surface area (TPSA) is 263 Å². The number of aromatic nitrogens is 2. The van der Waals surface area contributed by atoms with Crippen molar-refractivity contribution in [1.82, 2.24) is 25.9 Å². The van der Waals surface area contributed by atoms with Crippen molar-refractivity contribution in [2.45, 2.75) is 37.0 Å². The lowest BCUT2D eigenvalue weighted by Gasteiger charge is -2.24. The maximum atomic E-state index is 12.6. The third-order valence-corrected chi connectivity index (χ3v) is 3.98. The van der Waals surface area contributed by atoms with Gasteiger partial charge in [0.1, 0.15) is 24.2 Å². The van der Waals surface area contributed by atoms with E-state index < -0.39 is 73.4 Å². The molecule has 1 heterocycles. The minimum absolute atomic E-state index is 0.164. The van der Waals surface area contributed by atoms with Crippen molar-refractivity contribution >= 4 is 29.6 Å². The molecule has 0 radical (unpaired) electrons. The van der Waals surface area contributed by atoms with E-state index in [-0.39, 0.29) is 6.42 Å². The highest BCUT2D eigenvalue weighted by Crippen LogP contribution is 2.02. The summed E-state index contributed by atoms with van der Waals surface area (Å²) in [5.41, 5.74) is 10.9. The van der Waals surface area contributed by atoms with E-state index in [1.54, 1.807) is 0 Å². The van der Waals surface area contributed by atoms with E-state index in [0.717, 1.165) is 0 Å². The summed E-state index contributed by atoms with van der Waals surface area (Å²) in [6, 6.07) is -5.89. The number of nitrogens with one attached hydrogen (secondary N) is 4. The van der Waals surface area contributed by atoms with Crippen LogP contribution in [0.4, 0.5) is 0 Å². The molecule has 31 heavy (non-hydrogen) atoms. The SMILES string of the molecule is NC(=O)CC(NC(=O)C(N)CO)C(=O)NC(Cc1cnc[nH]1)C(=O)NC(CO)C(=O)O.